The van der Waals surface area contributed by atoms with E-state index >= 15 is 0 Å². The Kier molecular flexibility index (Phi) is 9.14. The van der Waals surface area contributed by atoms with Crippen LogP contribution in [-0.2, 0) is 9.53 Å². The Morgan fingerprint density at radius 1 is 1.29 bits per heavy atom. The SMILES string of the molecule is CN=C(NCCCOC)NCCC(=O)N(C)C. The van der Waals surface area contributed by atoms with Gasteiger partial charge < -0.3 is 20.3 Å². The molecule has 0 fully saturated rings. The lowest BCUT2D eigenvalue weighted by Gasteiger charge is -2.13. The minimum Gasteiger partial charge on any atom is -0.385 e. The summed E-state index contributed by atoms with van der Waals surface area (Å²) in [5.41, 5.74) is 0. The van der Waals surface area contributed by atoms with Crippen LogP contribution >= 0.6 is 0 Å². The Labute approximate surface area is 103 Å². The number of nitrogens with zero attached hydrogens (tertiary/aromatic N) is 2. The molecule has 2 N–H and O–H groups in total. The number of methoxy groups -OCH3 is 1. The first-order valence-electron chi connectivity index (χ1n) is 5.75. The molecule has 17 heavy (non-hydrogen) atoms. The van der Waals surface area contributed by atoms with Crippen molar-refractivity contribution in [2.24, 2.45) is 4.99 Å². The summed E-state index contributed by atoms with van der Waals surface area (Å²) >= 11 is 0. The van der Waals surface area contributed by atoms with Gasteiger partial charge in [0.1, 0.15) is 0 Å². The van der Waals surface area contributed by atoms with Gasteiger partial charge in [0.2, 0.25) is 5.91 Å². The van der Waals surface area contributed by atoms with Gasteiger partial charge in [-0.2, -0.15) is 0 Å². The van der Waals surface area contributed by atoms with E-state index in [9.17, 15) is 4.79 Å². The van der Waals surface area contributed by atoms with Crippen LogP contribution in [0, 0.1) is 0 Å². The molecule has 0 heterocycles. The van der Waals surface area contributed by atoms with Crippen LogP contribution in [0.2, 0.25) is 0 Å². The van der Waals surface area contributed by atoms with E-state index in [-0.39, 0.29) is 5.91 Å². The molecule has 0 aromatic rings. The van der Waals surface area contributed by atoms with Crippen LogP contribution in [0.15, 0.2) is 4.99 Å². The van der Waals surface area contributed by atoms with E-state index in [1.807, 2.05) is 0 Å². The van der Waals surface area contributed by atoms with Crippen LogP contribution in [0.5, 0.6) is 0 Å². The summed E-state index contributed by atoms with van der Waals surface area (Å²) < 4.78 is 4.95. The van der Waals surface area contributed by atoms with Crippen LogP contribution in [0.3, 0.4) is 0 Å². The number of carbonyl (C=O) groups excluding carboxylic acids is 1. The second-order valence-corrected chi connectivity index (χ2v) is 3.81. The smallest absolute Gasteiger partial charge is 0.223 e. The van der Waals surface area contributed by atoms with Crippen molar-refractivity contribution in [3.8, 4) is 0 Å². The Morgan fingerprint density at radius 3 is 2.47 bits per heavy atom. The molecule has 0 aromatic heterocycles. The summed E-state index contributed by atoms with van der Waals surface area (Å²) in [5, 5.41) is 6.22. The molecule has 0 aliphatic rings. The molecule has 100 valence electrons. The molecule has 0 unspecified atom stereocenters. The van der Waals surface area contributed by atoms with Crippen LogP contribution in [0.1, 0.15) is 12.8 Å². The van der Waals surface area contributed by atoms with Gasteiger partial charge in [-0.05, 0) is 6.42 Å². The van der Waals surface area contributed by atoms with E-state index in [1.54, 1.807) is 33.2 Å². The van der Waals surface area contributed by atoms with Gasteiger partial charge in [0.15, 0.2) is 5.96 Å². The number of hydrogen-bond acceptors (Lipinski definition) is 3. The highest BCUT2D eigenvalue weighted by Crippen LogP contribution is 1.85. The molecule has 0 aromatic carbocycles. The van der Waals surface area contributed by atoms with E-state index in [4.69, 9.17) is 4.74 Å². The second-order valence-electron chi connectivity index (χ2n) is 3.81. The monoisotopic (exact) mass is 244 g/mol. The Balaban J connectivity index is 3.66. The normalized spacial score (nSPS) is 11.2. The molecule has 0 rings (SSSR count). The predicted molar refractivity (Wildman–Crippen MR) is 69.2 cm³/mol. The van der Waals surface area contributed by atoms with Gasteiger partial charge in [-0.15, -0.1) is 0 Å². The highest BCUT2D eigenvalue weighted by Gasteiger charge is 2.03. The number of aliphatic imine (C=N–C) groups is 1. The summed E-state index contributed by atoms with van der Waals surface area (Å²) in [6.45, 7) is 2.11. The number of nitrogens with one attached hydrogen (secondary N) is 2. The number of guanidine groups is 1. The summed E-state index contributed by atoms with van der Waals surface area (Å²) in [4.78, 5) is 17.0. The van der Waals surface area contributed by atoms with E-state index < -0.39 is 0 Å². The third-order valence-electron chi connectivity index (χ3n) is 2.17. The zero-order valence-electron chi connectivity index (χ0n) is 11.2. The van der Waals surface area contributed by atoms with Crippen molar-refractivity contribution in [3.05, 3.63) is 0 Å². The van der Waals surface area contributed by atoms with Crippen LogP contribution in [0.25, 0.3) is 0 Å². The van der Waals surface area contributed by atoms with Crippen molar-refractivity contribution in [1.82, 2.24) is 15.5 Å². The van der Waals surface area contributed by atoms with E-state index in [0.29, 0.717) is 18.9 Å². The average Bonchev–Trinajstić information content (AvgIpc) is 2.31. The fourth-order valence-electron chi connectivity index (χ4n) is 1.16. The molecular weight excluding hydrogens is 220 g/mol. The molecule has 0 aliphatic heterocycles. The van der Waals surface area contributed by atoms with Crippen LogP contribution in [-0.4, -0.2) is 64.7 Å². The largest absolute Gasteiger partial charge is 0.385 e. The Hall–Kier alpha value is -1.30. The lowest BCUT2D eigenvalue weighted by molar-refractivity contribution is -0.128. The minimum atomic E-state index is 0.104. The minimum absolute atomic E-state index is 0.104. The highest BCUT2D eigenvalue weighted by molar-refractivity contribution is 5.81. The van der Waals surface area contributed by atoms with Crippen molar-refractivity contribution in [1.29, 1.82) is 0 Å². The zero-order valence-corrected chi connectivity index (χ0v) is 11.2. The van der Waals surface area contributed by atoms with Crippen molar-refractivity contribution in [2.45, 2.75) is 12.8 Å². The molecule has 1 amide bonds. The topological polar surface area (TPSA) is 66.0 Å². The van der Waals surface area contributed by atoms with E-state index in [1.165, 1.54) is 0 Å². The van der Waals surface area contributed by atoms with Gasteiger partial charge in [0.05, 0.1) is 0 Å². The van der Waals surface area contributed by atoms with Crippen molar-refractivity contribution < 1.29 is 9.53 Å². The van der Waals surface area contributed by atoms with Crippen LogP contribution < -0.4 is 10.6 Å². The lowest BCUT2D eigenvalue weighted by atomic mass is 10.4. The van der Waals surface area contributed by atoms with Gasteiger partial charge >= 0.3 is 0 Å². The third-order valence-corrected chi connectivity index (χ3v) is 2.17. The maximum atomic E-state index is 11.3. The molecule has 0 spiro atoms. The number of hydrogen-bond donors (Lipinski definition) is 2. The maximum absolute atomic E-state index is 11.3. The maximum Gasteiger partial charge on any atom is 0.223 e. The van der Waals surface area contributed by atoms with E-state index in [2.05, 4.69) is 15.6 Å². The number of ether oxygens (including phenoxy) is 1. The fraction of sp³-hybridized carbons (Fsp3) is 0.818. The number of amides is 1. The lowest BCUT2D eigenvalue weighted by Crippen LogP contribution is -2.39. The van der Waals surface area contributed by atoms with Crippen molar-refractivity contribution >= 4 is 11.9 Å². The number of rotatable bonds is 7. The second kappa shape index (κ2) is 9.89. The molecule has 0 bridgehead atoms. The number of carbonyl (C=O) groups is 1. The first-order chi connectivity index (χ1) is 8.11. The zero-order chi connectivity index (χ0) is 13.1. The standard InChI is InChI=1S/C11H24N4O2/c1-12-11(13-7-5-9-17-4)14-8-6-10(16)15(2)3/h5-9H2,1-4H3,(H2,12,13,14). The van der Waals surface area contributed by atoms with Gasteiger partial charge in [0.25, 0.3) is 0 Å². The van der Waals surface area contributed by atoms with Gasteiger partial charge in [-0.25, -0.2) is 0 Å². The Morgan fingerprint density at radius 2 is 1.94 bits per heavy atom. The summed E-state index contributed by atoms with van der Waals surface area (Å²) in [6.07, 6.45) is 1.39. The van der Waals surface area contributed by atoms with Crippen LogP contribution in [0.4, 0.5) is 0 Å². The first-order valence-corrected chi connectivity index (χ1v) is 5.75. The predicted octanol–water partition coefficient (Wildman–Crippen LogP) is -0.334. The summed E-state index contributed by atoms with van der Waals surface area (Å²) in [7, 11) is 6.89. The summed E-state index contributed by atoms with van der Waals surface area (Å²) in [5.74, 6) is 0.819. The van der Waals surface area contributed by atoms with Crippen molar-refractivity contribution in [2.75, 3.05) is 47.9 Å². The highest BCUT2D eigenvalue weighted by atomic mass is 16.5. The first kappa shape index (κ1) is 15.7. The fourth-order valence-corrected chi connectivity index (χ4v) is 1.16. The molecule has 0 radical (unpaired) electrons. The van der Waals surface area contributed by atoms with E-state index in [0.717, 1.165) is 19.6 Å². The van der Waals surface area contributed by atoms with Gasteiger partial charge in [0, 0.05) is 54.4 Å². The molecule has 6 heteroatoms. The molecule has 0 atom stereocenters. The quantitative estimate of drug-likeness (QED) is 0.365. The molecule has 0 saturated heterocycles. The third kappa shape index (κ3) is 8.50. The molecular formula is C11H24N4O2. The van der Waals surface area contributed by atoms with Gasteiger partial charge in [-0.1, -0.05) is 0 Å². The molecule has 0 aliphatic carbocycles. The van der Waals surface area contributed by atoms with Gasteiger partial charge in [-0.3, -0.25) is 9.79 Å². The molecule has 6 nitrogen and oxygen atoms in total. The van der Waals surface area contributed by atoms with Crippen molar-refractivity contribution in [3.63, 3.8) is 0 Å². The Bertz CT molecular complexity index is 242. The summed E-state index contributed by atoms with van der Waals surface area (Å²) in [6, 6.07) is 0. The molecule has 0 saturated carbocycles. The average molecular weight is 244 g/mol.